The molecule has 0 aliphatic heterocycles. The number of alkyl halides is 3. The Bertz CT molecular complexity index is 81.5. The zero-order valence-electron chi connectivity index (χ0n) is 5.28. The molecule has 1 radical (unpaired) electrons. The fraction of sp³-hybridized carbons (Fsp3) is 0.800. The minimum atomic E-state index is -4.55. The monoisotopic (exact) mass is 157 g/mol. The normalized spacial score (nSPS) is 12.0. The first-order chi connectivity index (χ1) is 4.56. The highest BCUT2D eigenvalue weighted by molar-refractivity contribution is 4.34. The average molecular weight is 157 g/mol. The van der Waals surface area contributed by atoms with Crippen LogP contribution in [0.15, 0.2) is 0 Å². The van der Waals surface area contributed by atoms with E-state index < -0.39 is 13.0 Å². The van der Waals surface area contributed by atoms with Gasteiger partial charge in [-0.05, 0) is 6.92 Å². The molecule has 0 aromatic heterocycles. The predicted octanol–water partition coefficient (Wildman–Crippen LogP) is 1.37. The molecule has 0 atom stereocenters. The van der Waals surface area contributed by atoms with Crippen LogP contribution in [0.3, 0.4) is 0 Å². The molecule has 0 saturated carbocycles. The van der Waals surface area contributed by atoms with E-state index in [-0.39, 0.29) is 13.2 Å². The Morgan fingerprint density at radius 3 is 2.20 bits per heavy atom. The highest BCUT2D eigenvalue weighted by Gasteiger charge is 2.28. The van der Waals surface area contributed by atoms with Crippen LogP contribution in [-0.2, 0) is 9.47 Å². The van der Waals surface area contributed by atoms with E-state index in [0.717, 1.165) is 0 Å². The fourth-order valence-corrected chi connectivity index (χ4v) is 0.318. The van der Waals surface area contributed by atoms with Gasteiger partial charge in [-0.1, -0.05) is 0 Å². The molecule has 0 aliphatic carbocycles. The molecule has 0 amide bonds. The van der Waals surface area contributed by atoms with Crippen LogP contribution in [0.1, 0.15) is 0 Å². The number of hydrogen-bond acceptors (Lipinski definition) is 2. The summed E-state index contributed by atoms with van der Waals surface area (Å²) in [6.45, 7) is 2.86. The van der Waals surface area contributed by atoms with Crippen molar-refractivity contribution >= 4 is 0 Å². The van der Waals surface area contributed by atoms with Crippen molar-refractivity contribution in [1.82, 2.24) is 0 Å². The first kappa shape index (κ1) is 9.71. The second kappa shape index (κ2) is 4.51. The highest BCUT2D eigenvalue weighted by atomic mass is 19.4. The molecule has 10 heavy (non-hydrogen) atoms. The van der Waals surface area contributed by atoms with E-state index in [2.05, 4.69) is 16.4 Å². The topological polar surface area (TPSA) is 18.5 Å². The van der Waals surface area contributed by atoms with Gasteiger partial charge in [0.05, 0.1) is 13.2 Å². The van der Waals surface area contributed by atoms with Gasteiger partial charge in [0.2, 0.25) is 0 Å². The molecule has 0 heterocycles. The molecule has 0 unspecified atom stereocenters. The zero-order chi connectivity index (χ0) is 8.04. The summed E-state index contributed by atoms with van der Waals surface area (Å²) in [6, 6.07) is 0. The summed E-state index contributed by atoms with van der Waals surface area (Å²) in [5.74, 6) is 0. The van der Waals surface area contributed by atoms with Gasteiger partial charge in [-0.2, -0.15) is 0 Å². The zero-order valence-corrected chi connectivity index (χ0v) is 5.28. The van der Waals surface area contributed by atoms with E-state index in [4.69, 9.17) is 0 Å². The Balaban J connectivity index is 3.04. The van der Waals surface area contributed by atoms with Crippen LogP contribution >= 0.6 is 0 Å². The maximum atomic E-state index is 11.2. The van der Waals surface area contributed by atoms with Crippen LogP contribution in [-0.4, -0.2) is 26.2 Å². The fourth-order valence-electron chi connectivity index (χ4n) is 0.318. The summed E-state index contributed by atoms with van der Waals surface area (Å²) in [5.41, 5.74) is 0. The summed E-state index contributed by atoms with van der Waals surface area (Å²) in [6.07, 6.45) is -4.55. The molecule has 0 fully saturated rings. The van der Waals surface area contributed by atoms with Gasteiger partial charge >= 0.3 is 6.36 Å². The van der Waals surface area contributed by atoms with Crippen LogP contribution in [0, 0.1) is 6.92 Å². The Morgan fingerprint density at radius 1 is 1.20 bits per heavy atom. The lowest BCUT2D eigenvalue weighted by atomic mass is 10.7. The van der Waals surface area contributed by atoms with Crippen molar-refractivity contribution in [3.05, 3.63) is 6.92 Å². The maximum Gasteiger partial charge on any atom is 0.522 e. The summed E-state index contributed by atoms with van der Waals surface area (Å²) in [5, 5.41) is 0. The van der Waals surface area contributed by atoms with Gasteiger partial charge < -0.3 is 4.74 Å². The lowest BCUT2D eigenvalue weighted by Gasteiger charge is -2.05. The third-order valence-electron chi connectivity index (χ3n) is 0.638. The van der Waals surface area contributed by atoms with Crippen molar-refractivity contribution < 1.29 is 22.6 Å². The van der Waals surface area contributed by atoms with Crippen molar-refractivity contribution in [2.75, 3.05) is 19.8 Å². The third-order valence-corrected chi connectivity index (χ3v) is 0.638. The molecular formula is C5H8F3O2. The molecule has 0 spiro atoms. The minimum absolute atomic E-state index is 0.0803. The van der Waals surface area contributed by atoms with Crippen LogP contribution in [0.5, 0.6) is 0 Å². The van der Waals surface area contributed by atoms with E-state index in [9.17, 15) is 13.2 Å². The molecular weight excluding hydrogens is 149 g/mol. The molecule has 0 aliphatic rings. The number of halogens is 3. The Morgan fingerprint density at radius 2 is 1.80 bits per heavy atom. The minimum Gasteiger partial charge on any atom is -0.379 e. The SMILES string of the molecule is [CH2]COCCOC(F)(F)F. The van der Waals surface area contributed by atoms with Gasteiger partial charge in [0, 0.05) is 6.61 Å². The molecule has 61 valence electrons. The standard InChI is InChI=1S/C5H8F3O2/c1-2-9-3-4-10-5(6,7)8/h1-4H2. The lowest BCUT2D eigenvalue weighted by molar-refractivity contribution is -0.326. The van der Waals surface area contributed by atoms with E-state index in [0.29, 0.717) is 0 Å². The summed E-state index contributed by atoms with van der Waals surface area (Å²) in [7, 11) is 0. The quantitative estimate of drug-likeness (QED) is 0.574. The molecule has 0 aromatic rings. The Labute approximate surface area is 56.9 Å². The Kier molecular flexibility index (Phi) is 4.38. The largest absolute Gasteiger partial charge is 0.522 e. The van der Waals surface area contributed by atoms with E-state index in [1.165, 1.54) is 0 Å². The van der Waals surface area contributed by atoms with Crippen molar-refractivity contribution in [3.8, 4) is 0 Å². The molecule has 0 N–H and O–H groups in total. The second-order valence-electron chi connectivity index (χ2n) is 1.41. The molecule has 5 heteroatoms. The first-order valence-corrected chi connectivity index (χ1v) is 2.64. The van der Waals surface area contributed by atoms with Crippen LogP contribution in [0.25, 0.3) is 0 Å². The number of hydrogen-bond donors (Lipinski definition) is 0. The maximum absolute atomic E-state index is 11.2. The van der Waals surface area contributed by atoms with E-state index >= 15 is 0 Å². The van der Waals surface area contributed by atoms with Crippen LogP contribution < -0.4 is 0 Å². The molecule has 0 saturated heterocycles. The highest BCUT2D eigenvalue weighted by Crippen LogP contribution is 2.15. The van der Waals surface area contributed by atoms with Gasteiger partial charge in [0.25, 0.3) is 0 Å². The Hall–Kier alpha value is -0.290. The molecule has 0 rings (SSSR count). The number of rotatable bonds is 4. The molecule has 2 nitrogen and oxygen atoms in total. The van der Waals surface area contributed by atoms with Crippen molar-refractivity contribution in [2.24, 2.45) is 0 Å². The predicted molar refractivity (Wildman–Crippen MR) is 28.2 cm³/mol. The summed E-state index contributed by atoms with van der Waals surface area (Å²) in [4.78, 5) is 0. The van der Waals surface area contributed by atoms with Crippen molar-refractivity contribution in [3.63, 3.8) is 0 Å². The summed E-state index contributed by atoms with van der Waals surface area (Å²) >= 11 is 0. The smallest absolute Gasteiger partial charge is 0.379 e. The van der Waals surface area contributed by atoms with Gasteiger partial charge in [-0.3, -0.25) is 4.74 Å². The van der Waals surface area contributed by atoms with Gasteiger partial charge in [0.1, 0.15) is 0 Å². The lowest BCUT2D eigenvalue weighted by Crippen LogP contribution is -2.17. The van der Waals surface area contributed by atoms with Crippen LogP contribution in [0.2, 0.25) is 0 Å². The molecule has 0 bridgehead atoms. The van der Waals surface area contributed by atoms with E-state index in [1.807, 2.05) is 0 Å². The molecule has 0 aromatic carbocycles. The van der Waals surface area contributed by atoms with Crippen molar-refractivity contribution in [1.29, 1.82) is 0 Å². The first-order valence-electron chi connectivity index (χ1n) is 2.64. The third kappa shape index (κ3) is 7.71. The van der Waals surface area contributed by atoms with Gasteiger partial charge in [-0.25, -0.2) is 0 Å². The second-order valence-corrected chi connectivity index (χ2v) is 1.41. The van der Waals surface area contributed by atoms with Gasteiger partial charge in [0.15, 0.2) is 0 Å². The summed E-state index contributed by atoms with van der Waals surface area (Å²) < 4.78 is 41.4. The average Bonchev–Trinajstić information content (AvgIpc) is 1.78. The van der Waals surface area contributed by atoms with Crippen LogP contribution in [0.4, 0.5) is 13.2 Å². The van der Waals surface area contributed by atoms with Crippen molar-refractivity contribution in [2.45, 2.75) is 6.36 Å². The van der Waals surface area contributed by atoms with Gasteiger partial charge in [-0.15, -0.1) is 13.2 Å². The number of ether oxygens (including phenoxy) is 2. The van der Waals surface area contributed by atoms with E-state index in [1.54, 1.807) is 0 Å².